The molecule has 2 rings (SSSR count). The lowest BCUT2D eigenvalue weighted by Crippen LogP contribution is -2.32. The molecule has 7 heteroatoms. The molecule has 22 heavy (non-hydrogen) atoms. The Balaban J connectivity index is 2.24. The lowest BCUT2D eigenvalue weighted by molar-refractivity contribution is -0.147. The Bertz CT molecular complexity index is 633. The van der Waals surface area contributed by atoms with E-state index in [9.17, 15) is 9.70 Å². The van der Waals surface area contributed by atoms with Gasteiger partial charge in [0.15, 0.2) is 6.04 Å². The molecule has 0 spiro atoms. The van der Waals surface area contributed by atoms with Gasteiger partial charge in [-0.25, -0.2) is 9.80 Å². The smallest absolute Gasteiger partial charge is 0.335 e. The number of nitroso groups, excluding NO2 is 1. The van der Waals surface area contributed by atoms with E-state index in [0.29, 0.717) is 23.6 Å². The van der Waals surface area contributed by atoms with Crippen LogP contribution in [0.1, 0.15) is 16.5 Å². The van der Waals surface area contributed by atoms with E-state index < -0.39 is 12.0 Å². The van der Waals surface area contributed by atoms with E-state index in [4.69, 9.17) is 16.3 Å². The van der Waals surface area contributed by atoms with Gasteiger partial charge in [0, 0.05) is 28.4 Å². The Kier molecular flexibility index (Phi) is 5.91. The number of hydrogen-bond donors (Lipinski definition) is 0. The molecule has 2 aromatic rings. The van der Waals surface area contributed by atoms with Crippen LogP contribution in [0.3, 0.4) is 0 Å². The van der Waals surface area contributed by atoms with Crippen LogP contribution in [0.2, 0.25) is 5.02 Å². The second-order valence-corrected chi connectivity index (χ2v) is 5.96. The first-order chi connectivity index (χ1) is 10.7. The molecule has 1 unspecified atom stereocenters. The van der Waals surface area contributed by atoms with Gasteiger partial charge in [0.2, 0.25) is 0 Å². The summed E-state index contributed by atoms with van der Waals surface area (Å²) >= 11 is 7.73. The van der Waals surface area contributed by atoms with Crippen LogP contribution in [-0.4, -0.2) is 24.6 Å². The van der Waals surface area contributed by atoms with Gasteiger partial charge in [-0.3, -0.25) is 0 Å². The van der Waals surface area contributed by atoms with Crippen LogP contribution in [-0.2, 0) is 16.0 Å². The summed E-state index contributed by atoms with van der Waals surface area (Å²) in [4.78, 5) is 24.5. The van der Waals surface area contributed by atoms with Gasteiger partial charge in [-0.2, -0.15) is 0 Å². The van der Waals surface area contributed by atoms with Crippen molar-refractivity contribution >= 4 is 28.9 Å². The molecule has 1 aromatic heterocycles. The van der Waals surface area contributed by atoms with Gasteiger partial charge in [0.1, 0.15) is 0 Å². The van der Waals surface area contributed by atoms with Crippen molar-refractivity contribution < 1.29 is 9.53 Å². The standard InChI is InChI=1S/C15H15ClN2O3S/c1-21-15(19)14(12-6-2-3-7-13(12)16)18(17-20)9-8-11-5-4-10-22-11/h2-7,10,14H,8-9H2,1H3. The van der Waals surface area contributed by atoms with E-state index >= 15 is 0 Å². The SMILES string of the molecule is COC(=O)C(c1ccccc1Cl)N(CCc1cccs1)N=O. The number of benzene rings is 1. The predicted molar refractivity (Wildman–Crippen MR) is 86.7 cm³/mol. The summed E-state index contributed by atoms with van der Waals surface area (Å²) in [7, 11) is 1.27. The van der Waals surface area contributed by atoms with Gasteiger partial charge in [-0.1, -0.05) is 35.9 Å². The van der Waals surface area contributed by atoms with E-state index in [1.165, 1.54) is 12.1 Å². The molecule has 0 amide bonds. The third-order valence-corrected chi connectivity index (χ3v) is 4.47. The second-order valence-electron chi connectivity index (χ2n) is 4.52. The maximum atomic E-state index is 12.1. The molecular formula is C15H15ClN2O3S. The quantitative estimate of drug-likeness (QED) is 0.437. The van der Waals surface area contributed by atoms with Crippen LogP contribution in [0.5, 0.6) is 0 Å². The summed E-state index contributed by atoms with van der Waals surface area (Å²) < 4.78 is 4.81. The van der Waals surface area contributed by atoms with Crippen molar-refractivity contribution in [3.63, 3.8) is 0 Å². The van der Waals surface area contributed by atoms with E-state index in [1.54, 1.807) is 35.6 Å². The predicted octanol–water partition coefficient (Wildman–Crippen LogP) is 3.84. The molecule has 116 valence electrons. The van der Waals surface area contributed by atoms with Crippen LogP contribution in [0.25, 0.3) is 0 Å². The number of esters is 1. The van der Waals surface area contributed by atoms with Crippen molar-refractivity contribution in [2.24, 2.45) is 5.29 Å². The Hall–Kier alpha value is -1.92. The minimum absolute atomic E-state index is 0.301. The van der Waals surface area contributed by atoms with Crippen LogP contribution < -0.4 is 0 Å². The molecular weight excluding hydrogens is 324 g/mol. The number of carbonyl (C=O) groups excluding carboxylic acids is 1. The number of methoxy groups -OCH3 is 1. The molecule has 0 radical (unpaired) electrons. The average Bonchev–Trinajstić information content (AvgIpc) is 3.05. The maximum absolute atomic E-state index is 12.1. The van der Waals surface area contributed by atoms with Crippen molar-refractivity contribution in [2.45, 2.75) is 12.5 Å². The lowest BCUT2D eigenvalue weighted by Gasteiger charge is -2.25. The molecule has 0 aliphatic carbocycles. The second kappa shape index (κ2) is 7.91. The van der Waals surface area contributed by atoms with E-state index in [-0.39, 0.29) is 0 Å². The van der Waals surface area contributed by atoms with Crippen molar-refractivity contribution in [3.05, 3.63) is 62.1 Å². The highest BCUT2D eigenvalue weighted by Crippen LogP contribution is 2.29. The summed E-state index contributed by atoms with van der Waals surface area (Å²) in [6.07, 6.45) is 0.612. The molecule has 1 heterocycles. The van der Waals surface area contributed by atoms with Crippen molar-refractivity contribution in [1.82, 2.24) is 5.01 Å². The molecule has 0 bridgehead atoms. The number of halogens is 1. The molecule has 0 aliphatic rings. The fourth-order valence-corrected chi connectivity index (χ4v) is 3.05. The first-order valence-electron chi connectivity index (χ1n) is 6.62. The third-order valence-electron chi connectivity index (χ3n) is 3.19. The number of ether oxygens (including phenoxy) is 1. The highest BCUT2D eigenvalue weighted by molar-refractivity contribution is 7.09. The van der Waals surface area contributed by atoms with E-state index in [2.05, 4.69) is 5.29 Å². The normalized spacial score (nSPS) is 11.7. The summed E-state index contributed by atoms with van der Waals surface area (Å²) in [5.41, 5.74) is 0.502. The third kappa shape index (κ3) is 3.84. The van der Waals surface area contributed by atoms with Crippen LogP contribution in [0, 0.1) is 4.91 Å². The molecule has 5 nitrogen and oxygen atoms in total. The van der Waals surface area contributed by atoms with Gasteiger partial charge in [0.05, 0.1) is 12.4 Å². The highest BCUT2D eigenvalue weighted by atomic mass is 35.5. The molecule has 0 N–H and O–H groups in total. The first-order valence-corrected chi connectivity index (χ1v) is 7.87. The maximum Gasteiger partial charge on any atom is 0.335 e. The molecule has 0 aliphatic heterocycles. The molecule has 1 atom stereocenters. The molecule has 0 saturated heterocycles. The number of carbonyl (C=O) groups is 1. The van der Waals surface area contributed by atoms with Gasteiger partial charge >= 0.3 is 5.97 Å². The van der Waals surface area contributed by atoms with Gasteiger partial charge in [0.25, 0.3) is 0 Å². The minimum Gasteiger partial charge on any atom is -0.467 e. The minimum atomic E-state index is -0.948. The summed E-state index contributed by atoms with van der Waals surface area (Å²) in [6.45, 7) is 0.301. The Morgan fingerprint density at radius 2 is 2.14 bits per heavy atom. The summed E-state index contributed by atoms with van der Waals surface area (Å²) in [5, 5.41) is 6.53. The first kappa shape index (κ1) is 16.5. The monoisotopic (exact) mass is 338 g/mol. The highest BCUT2D eigenvalue weighted by Gasteiger charge is 2.30. The zero-order valence-corrected chi connectivity index (χ0v) is 13.5. The van der Waals surface area contributed by atoms with Gasteiger partial charge < -0.3 is 4.74 Å². The topological polar surface area (TPSA) is 59.0 Å². The number of thiophene rings is 1. The number of hydrogen-bond acceptors (Lipinski definition) is 5. The van der Waals surface area contributed by atoms with Crippen LogP contribution in [0.15, 0.2) is 47.1 Å². The number of rotatable bonds is 7. The fraction of sp³-hybridized carbons (Fsp3) is 0.267. The van der Waals surface area contributed by atoms with E-state index in [0.717, 1.165) is 4.88 Å². The molecule has 1 aromatic carbocycles. The van der Waals surface area contributed by atoms with Crippen molar-refractivity contribution in [1.29, 1.82) is 0 Å². The van der Waals surface area contributed by atoms with E-state index in [1.807, 2.05) is 17.5 Å². The average molecular weight is 339 g/mol. The van der Waals surface area contributed by atoms with Crippen LogP contribution >= 0.6 is 22.9 Å². The Morgan fingerprint density at radius 3 is 2.73 bits per heavy atom. The molecule has 0 fully saturated rings. The Morgan fingerprint density at radius 1 is 1.36 bits per heavy atom. The largest absolute Gasteiger partial charge is 0.467 e. The zero-order chi connectivity index (χ0) is 15.9. The number of nitrogens with zero attached hydrogens (tertiary/aromatic N) is 2. The zero-order valence-electron chi connectivity index (χ0n) is 11.9. The van der Waals surface area contributed by atoms with Gasteiger partial charge in [-0.05, 0) is 17.5 Å². The van der Waals surface area contributed by atoms with Crippen molar-refractivity contribution in [2.75, 3.05) is 13.7 Å². The summed E-state index contributed by atoms with van der Waals surface area (Å²) in [6, 6.07) is 9.81. The lowest BCUT2D eigenvalue weighted by atomic mass is 10.1. The van der Waals surface area contributed by atoms with Crippen LogP contribution in [0.4, 0.5) is 0 Å². The Labute approximate surface area is 137 Å². The fourth-order valence-electron chi connectivity index (χ4n) is 2.11. The summed E-state index contributed by atoms with van der Waals surface area (Å²) in [5.74, 6) is -0.570. The van der Waals surface area contributed by atoms with Gasteiger partial charge in [-0.15, -0.1) is 16.2 Å². The molecule has 0 saturated carbocycles. The van der Waals surface area contributed by atoms with Crippen molar-refractivity contribution in [3.8, 4) is 0 Å².